The van der Waals surface area contributed by atoms with Crippen molar-refractivity contribution in [3.63, 3.8) is 0 Å². The number of halogens is 2. The number of methoxy groups -OCH3 is 1. The summed E-state index contributed by atoms with van der Waals surface area (Å²) in [5.74, 6) is 1.44. The third-order valence-corrected chi connectivity index (χ3v) is 6.32. The Bertz CT molecular complexity index is 921. The molecule has 2 aromatic carbocycles. The van der Waals surface area contributed by atoms with E-state index in [1.165, 1.54) is 11.8 Å². The summed E-state index contributed by atoms with van der Waals surface area (Å²) in [4.78, 5) is 19.4. The fourth-order valence-corrected chi connectivity index (χ4v) is 5.31. The van der Waals surface area contributed by atoms with Gasteiger partial charge in [0.2, 0.25) is 5.91 Å². The molecule has 0 unspecified atom stereocenters. The van der Waals surface area contributed by atoms with Crippen LogP contribution in [0.2, 0.25) is 5.02 Å². The second-order valence-corrected chi connectivity index (χ2v) is 8.79. The Morgan fingerprint density at radius 1 is 1.24 bits per heavy atom. The van der Waals surface area contributed by atoms with Crippen molar-refractivity contribution in [3.8, 4) is 11.5 Å². The molecule has 1 heterocycles. The number of rotatable bonds is 7. The van der Waals surface area contributed by atoms with Crippen LogP contribution in [0.1, 0.15) is 19.4 Å². The van der Waals surface area contributed by atoms with Gasteiger partial charge in [-0.2, -0.15) is 0 Å². The van der Waals surface area contributed by atoms with Crippen LogP contribution in [0.5, 0.6) is 11.5 Å². The van der Waals surface area contributed by atoms with Gasteiger partial charge in [0.1, 0.15) is 11.5 Å². The first-order chi connectivity index (χ1) is 14.0. The summed E-state index contributed by atoms with van der Waals surface area (Å²) in [6, 6.07) is 11.3. The quantitative estimate of drug-likeness (QED) is 0.492. The van der Waals surface area contributed by atoms with Crippen LogP contribution in [-0.4, -0.2) is 41.5 Å². The fourth-order valence-electron chi connectivity index (χ4n) is 3.10. The van der Waals surface area contributed by atoms with Crippen molar-refractivity contribution < 1.29 is 14.3 Å². The number of nitrogens with zero attached hydrogens (tertiary/aromatic N) is 2. The number of carbonyl (C=O) groups is 1. The van der Waals surface area contributed by atoms with Gasteiger partial charge in [0.05, 0.1) is 29.7 Å². The minimum Gasteiger partial charge on any atom is -0.495 e. The Morgan fingerprint density at radius 2 is 1.97 bits per heavy atom. The number of carbonyl (C=O) groups excluding carboxylic acids is 1. The van der Waals surface area contributed by atoms with Crippen LogP contribution in [0.15, 0.2) is 45.9 Å². The molecule has 0 aromatic heterocycles. The van der Waals surface area contributed by atoms with Gasteiger partial charge in [-0.3, -0.25) is 9.69 Å². The van der Waals surface area contributed by atoms with Crippen LogP contribution in [0.3, 0.4) is 0 Å². The molecule has 1 atom stereocenters. The molecule has 1 aliphatic rings. The molecule has 3 rings (SSSR count). The van der Waals surface area contributed by atoms with Gasteiger partial charge in [0.15, 0.2) is 5.17 Å². The summed E-state index contributed by atoms with van der Waals surface area (Å²) in [6.07, 6.45) is 0.505. The molecule has 0 bridgehead atoms. The zero-order valence-corrected chi connectivity index (χ0v) is 19.6. The summed E-state index contributed by atoms with van der Waals surface area (Å²) in [5.41, 5.74) is 1.67. The number of ether oxygens (including phenoxy) is 2. The summed E-state index contributed by atoms with van der Waals surface area (Å²) in [5, 5.41) is 0.935. The van der Waals surface area contributed by atoms with Crippen molar-refractivity contribution in [2.45, 2.75) is 25.5 Å². The smallest absolute Gasteiger partial charge is 0.242 e. The molecule has 0 aliphatic carbocycles. The largest absolute Gasteiger partial charge is 0.495 e. The minimum atomic E-state index is -0.282. The molecule has 2 aromatic rings. The van der Waals surface area contributed by atoms with Crippen molar-refractivity contribution in [3.05, 3.63) is 51.5 Å². The fraction of sp³-hybridized carbons (Fsp3) is 0.333. The van der Waals surface area contributed by atoms with Crippen molar-refractivity contribution in [1.29, 1.82) is 0 Å². The molecule has 1 saturated heterocycles. The lowest BCUT2D eigenvalue weighted by Crippen LogP contribution is -2.32. The first-order valence-electron chi connectivity index (χ1n) is 9.28. The van der Waals surface area contributed by atoms with Crippen molar-refractivity contribution in [2.24, 2.45) is 4.99 Å². The molecule has 0 N–H and O–H groups in total. The first kappa shape index (κ1) is 22.0. The topological polar surface area (TPSA) is 51.1 Å². The number of hydrogen-bond donors (Lipinski definition) is 0. The molecule has 1 aliphatic heterocycles. The maximum absolute atomic E-state index is 13.0. The van der Waals surface area contributed by atoms with Crippen molar-refractivity contribution in [1.82, 2.24) is 4.90 Å². The number of hydrogen-bond acceptors (Lipinski definition) is 5. The van der Waals surface area contributed by atoms with Crippen LogP contribution in [0, 0.1) is 0 Å². The third kappa shape index (κ3) is 5.08. The van der Waals surface area contributed by atoms with E-state index in [0.717, 1.165) is 21.5 Å². The molecule has 29 heavy (non-hydrogen) atoms. The lowest BCUT2D eigenvalue weighted by Gasteiger charge is -2.15. The lowest BCUT2D eigenvalue weighted by atomic mass is 10.1. The van der Waals surface area contributed by atoms with E-state index in [9.17, 15) is 4.79 Å². The normalized spacial score (nSPS) is 17.8. The Balaban J connectivity index is 1.84. The van der Waals surface area contributed by atoms with Gasteiger partial charge >= 0.3 is 0 Å². The molecule has 5 nitrogen and oxygen atoms in total. The van der Waals surface area contributed by atoms with E-state index in [1.54, 1.807) is 18.1 Å². The highest BCUT2D eigenvalue weighted by atomic mass is 79.9. The Kier molecular flexibility index (Phi) is 7.49. The average Bonchev–Trinajstić information content (AvgIpc) is 2.97. The highest BCUT2D eigenvalue weighted by Crippen LogP contribution is 2.37. The Morgan fingerprint density at radius 3 is 2.59 bits per heavy atom. The van der Waals surface area contributed by atoms with Crippen LogP contribution >= 0.6 is 39.3 Å². The lowest BCUT2D eigenvalue weighted by molar-refractivity contribution is -0.126. The van der Waals surface area contributed by atoms with Gasteiger partial charge in [0, 0.05) is 11.0 Å². The van der Waals surface area contributed by atoms with Crippen molar-refractivity contribution >= 4 is 56.1 Å². The predicted molar refractivity (Wildman–Crippen MR) is 123 cm³/mol. The monoisotopic (exact) mass is 496 g/mol. The molecule has 0 radical (unpaired) electrons. The summed E-state index contributed by atoms with van der Waals surface area (Å²) >= 11 is 11.2. The van der Waals surface area contributed by atoms with Gasteiger partial charge in [-0.15, -0.1) is 0 Å². The Labute approximate surface area is 188 Å². The third-order valence-electron chi connectivity index (χ3n) is 4.40. The molecule has 0 spiro atoms. The number of thioether (sulfide) groups is 1. The van der Waals surface area contributed by atoms with Crippen LogP contribution in [-0.2, 0) is 11.2 Å². The van der Waals surface area contributed by atoms with E-state index in [-0.39, 0.29) is 11.2 Å². The maximum Gasteiger partial charge on any atom is 0.242 e. The van der Waals surface area contributed by atoms with Gasteiger partial charge in [-0.25, -0.2) is 4.99 Å². The van der Waals surface area contributed by atoms with E-state index < -0.39 is 0 Å². The summed E-state index contributed by atoms with van der Waals surface area (Å²) in [6.45, 7) is 5.08. The van der Waals surface area contributed by atoms with Gasteiger partial charge in [-0.05, 0) is 62.2 Å². The van der Waals surface area contributed by atoms with Crippen LogP contribution in [0.4, 0.5) is 5.69 Å². The molecule has 0 saturated carbocycles. The molecular weight excluding hydrogens is 476 g/mol. The number of aliphatic imine (C=N–C) groups is 1. The zero-order chi connectivity index (χ0) is 21.0. The van der Waals surface area contributed by atoms with Crippen LogP contribution in [0.25, 0.3) is 0 Å². The summed E-state index contributed by atoms with van der Waals surface area (Å²) < 4.78 is 11.8. The molecule has 1 amide bonds. The average molecular weight is 498 g/mol. The second kappa shape index (κ2) is 9.87. The van der Waals surface area contributed by atoms with Gasteiger partial charge in [-0.1, -0.05) is 39.3 Å². The van der Waals surface area contributed by atoms with E-state index in [0.29, 0.717) is 35.5 Å². The van der Waals surface area contributed by atoms with Crippen molar-refractivity contribution in [2.75, 3.05) is 20.3 Å². The number of amides is 1. The maximum atomic E-state index is 13.0. The van der Waals surface area contributed by atoms with Gasteiger partial charge in [0.25, 0.3) is 0 Å². The summed E-state index contributed by atoms with van der Waals surface area (Å²) in [7, 11) is 1.58. The Hall–Kier alpha value is -1.70. The van der Waals surface area contributed by atoms with E-state index >= 15 is 0 Å². The standard InChI is InChI=1S/C21H22BrClN2O3S/c1-4-25-20(26)18(11-13-10-14(22)12-17(23)19(13)27-3)29-21(25)24-15-6-8-16(9-7-15)28-5-2/h6-10,12,18H,4-5,11H2,1-3H3/t18-/m1/s1. The number of benzene rings is 2. The highest BCUT2D eigenvalue weighted by molar-refractivity contribution is 9.10. The predicted octanol–water partition coefficient (Wildman–Crippen LogP) is 5.70. The van der Waals surface area contributed by atoms with Crippen LogP contribution < -0.4 is 9.47 Å². The molecule has 8 heteroatoms. The molecule has 1 fully saturated rings. The van der Waals surface area contributed by atoms with E-state index in [2.05, 4.69) is 15.9 Å². The minimum absolute atomic E-state index is 0.0420. The molecule has 154 valence electrons. The number of amidine groups is 1. The first-order valence-corrected chi connectivity index (χ1v) is 11.3. The van der Waals surface area contributed by atoms with E-state index in [4.69, 9.17) is 26.1 Å². The molecular formula is C21H22BrClN2O3S. The van der Waals surface area contributed by atoms with Gasteiger partial charge < -0.3 is 9.47 Å². The van der Waals surface area contributed by atoms with E-state index in [1.807, 2.05) is 44.2 Å². The zero-order valence-electron chi connectivity index (χ0n) is 16.4. The second-order valence-electron chi connectivity index (χ2n) is 6.29. The highest BCUT2D eigenvalue weighted by Gasteiger charge is 2.37. The SMILES string of the molecule is CCOc1ccc(N=C2S[C@H](Cc3cc(Br)cc(Cl)c3OC)C(=O)N2CC)cc1.